The summed E-state index contributed by atoms with van der Waals surface area (Å²) in [5.41, 5.74) is 3.57. The second-order valence-corrected chi connectivity index (χ2v) is 8.39. The number of carbonyl (C=O) groups excluding carboxylic acids is 2. The van der Waals surface area contributed by atoms with Crippen molar-refractivity contribution >= 4 is 29.3 Å². The minimum absolute atomic E-state index is 0.0240. The zero-order chi connectivity index (χ0) is 22.5. The predicted molar refractivity (Wildman–Crippen MR) is 121 cm³/mol. The van der Waals surface area contributed by atoms with Crippen LogP contribution < -0.4 is 10.6 Å². The highest BCUT2D eigenvalue weighted by atomic mass is 16.2. The van der Waals surface area contributed by atoms with Gasteiger partial charge in [0.05, 0.1) is 0 Å². The molecule has 2 N–H and O–H groups in total. The molecule has 0 aliphatic heterocycles. The van der Waals surface area contributed by atoms with Gasteiger partial charge in [0.25, 0.3) is 5.91 Å². The van der Waals surface area contributed by atoms with Crippen LogP contribution in [0.3, 0.4) is 0 Å². The molecule has 1 heterocycles. The second kappa shape index (κ2) is 9.45. The van der Waals surface area contributed by atoms with Crippen molar-refractivity contribution in [3.63, 3.8) is 0 Å². The Labute approximate surface area is 178 Å². The summed E-state index contributed by atoms with van der Waals surface area (Å²) in [4.78, 5) is 24.9. The standard InChI is InChI=1S/C24H30N4O2/c1-7-11-28-16(2)12-18(17(28)3)13-19(15-25)22(29)26-20-9-8-10-21(14-20)27-23(30)24(4,5)6/h8-10,12-14H,7,11H2,1-6H3,(H,26,29)(H,27,30)/b19-13+. The van der Waals surface area contributed by atoms with E-state index >= 15 is 0 Å². The van der Waals surface area contributed by atoms with Crippen LogP contribution in [-0.2, 0) is 16.1 Å². The summed E-state index contributed by atoms with van der Waals surface area (Å²) in [5.74, 6) is -0.608. The molecule has 0 radical (unpaired) electrons. The van der Waals surface area contributed by atoms with E-state index < -0.39 is 11.3 Å². The van der Waals surface area contributed by atoms with E-state index in [-0.39, 0.29) is 11.5 Å². The number of carbonyl (C=O) groups is 2. The van der Waals surface area contributed by atoms with Crippen LogP contribution in [0.4, 0.5) is 11.4 Å². The summed E-state index contributed by atoms with van der Waals surface area (Å²) in [6, 6.07) is 10.9. The molecule has 0 spiro atoms. The fourth-order valence-electron chi connectivity index (χ4n) is 3.04. The predicted octanol–water partition coefficient (Wildman–Crippen LogP) is 5.05. The Morgan fingerprint density at radius 3 is 2.33 bits per heavy atom. The molecule has 0 fully saturated rings. The summed E-state index contributed by atoms with van der Waals surface area (Å²) in [7, 11) is 0. The molecule has 158 valence electrons. The first-order valence-corrected chi connectivity index (χ1v) is 10.1. The monoisotopic (exact) mass is 406 g/mol. The van der Waals surface area contributed by atoms with Crippen molar-refractivity contribution in [3.05, 3.63) is 52.9 Å². The maximum atomic E-state index is 12.7. The van der Waals surface area contributed by atoms with E-state index in [4.69, 9.17) is 0 Å². The molecule has 6 heteroatoms. The van der Waals surface area contributed by atoms with Gasteiger partial charge in [0.15, 0.2) is 0 Å². The van der Waals surface area contributed by atoms with Gasteiger partial charge in [-0.3, -0.25) is 9.59 Å². The number of anilines is 2. The SMILES string of the molecule is CCCn1c(C)cc(/C=C(\C#N)C(=O)Nc2cccc(NC(=O)C(C)(C)C)c2)c1C. The minimum Gasteiger partial charge on any atom is -0.349 e. The molecule has 2 rings (SSSR count). The molecule has 0 unspecified atom stereocenters. The number of nitrogens with one attached hydrogen (secondary N) is 2. The molecule has 0 aliphatic rings. The molecular weight excluding hydrogens is 376 g/mol. The summed E-state index contributed by atoms with van der Waals surface area (Å²) >= 11 is 0. The lowest BCUT2D eigenvalue weighted by molar-refractivity contribution is -0.123. The molecular formula is C24H30N4O2. The number of nitrogens with zero attached hydrogens (tertiary/aromatic N) is 2. The van der Waals surface area contributed by atoms with Crippen molar-refractivity contribution in [2.45, 2.75) is 54.5 Å². The van der Waals surface area contributed by atoms with E-state index in [0.717, 1.165) is 29.9 Å². The summed E-state index contributed by atoms with van der Waals surface area (Å²) in [6.45, 7) is 12.5. The topological polar surface area (TPSA) is 86.9 Å². The van der Waals surface area contributed by atoms with Gasteiger partial charge in [-0.15, -0.1) is 0 Å². The van der Waals surface area contributed by atoms with Crippen LogP contribution in [0.5, 0.6) is 0 Å². The molecule has 0 saturated heterocycles. The fourth-order valence-corrected chi connectivity index (χ4v) is 3.04. The number of aromatic nitrogens is 1. The molecule has 6 nitrogen and oxygen atoms in total. The van der Waals surface area contributed by atoms with Crippen molar-refractivity contribution in [1.82, 2.24) is 4.57 Å². The highest BCUT2D eigenvalue weighted by Crippen LogP contribution is 2.22. The Balaban J connectivity index is 2.21. The highest BCUT2D eigenvalue weighted by Gasteiger charge is 2.21. The normalized spacial score (nSPS) is 11.7. The van der Waals surface area contributed by atoms with E-state index in [9.17, 15) is 14.9 Å². The van der Waals surface area contributed by atoms with E-state index in [1.54, 1.807) is 30.3 Å². The Bertz CT molecular complexity index is 1020. The molecule has 2 amide bonds. The summed E-state index contributed by atoms with van der Waals surface area (Å²) in [6.07, 6.45) is 2.63. The first-order valence-electron chi connectivity index (χ1n) is 10.1. The first-order chi connectivity index (χ1) is 14.1. The number of hydrogen-bond donors (Lipinski definition) is 2. The van der Waals surface area contributed by atoms with Gasteiger partial charge in [0.2, 0.25) is 5.91 Å². The van der Waals surface area contributed by atoms with Crippen molar-refractivity contribution < 1.29 is 9.59 Å². The molecule has 1 aromatic heterocycles. The van der Waals surface area contributed by atoms with Crippen LogP contribution in [0.2, 0.25) is 0 Å². The lowest BCUT2D eigenvalue weighted by atomic mass is 9.95. The summed E-state index contributed by atoms with van der Waals surface area (Å²) in [5, 5.41) is 15.1. The lowest BCUT2D eigenvalue weighted by Crippen LogP contribution is -2.27. The largest absolute Gasteiger partial charge is 0.349 e. The zero-order valence-corrected chi connectivity index (χ0v) is 18.6. The Hall–Kier alpha value is -3.33. The number of hydrogen-bond acceptors (Lipinski definition) is 3. The van der Waals surface area contributed by atoms with Gasteiger partial charge in [0.1, 0.15) is 11.6 Å². The van der Waals surface area contributed by atoms with E-state index in [1.807, 2.05) is 46.8 Å². The average molecular weight is 407 g/mol. The third-order valence-corrected chi connectivity index (χ3v) is 4.78. The van der Waals surface area contributed by atoms with Crippen LogP contribution in [0.15, 0.2) is 35.9 Å². The van der Waals surface area contributed by atoms with Gasteiger partial charge < -0.3 is 15.2 Å². The Morgan fingerprint density at radius 2 is 1.77 bits per heavy atom. The Morgan fingerprint density at radius 1 is 1.13 bits per heavy atom. The van der Waals surface area contributed by atoms with Crippen LogP contribution in [-0.4, -0.2) is 16.4 Å². The molecule has 0 saturated carbocycles. The zero-order valence-electron chi connectivity index (χ0n) is 18.6. The van der Waals surface area contributed by atoms with E-state index in [1.165, 1.54) is 0 Å². The maximum absolute atomic E-state index is 12.7. The lowest BCUT2D eigenvalue weighted by Gasteiger charge is -2.18. The number of nitriles is 1. The Kier molecular flexibility index (Phi) is 7.23. The quantitative estimate of drug-likeness (QED) is 0.520. The van der Waals surface area contributed by atoms with Crippen LogP contribution >= 0.6 is 0 Å². The minimum atomic E-state index is -0.528. The third kappa shape index (κ3) is 5.60. The molecule has 1 aromatic carbocycles. The number of benzene rings is 1. The number of aryl methyl sites for hydroxylation is 1. The van der Waals surface area contributed by atoms with Gasteiger partial charge in [-0.05, 0) is 56.2 Å². The molecule has 2 aromatic rings. The number of amides is 2. The molecule has 0 bridgehead atoms. The van der Waals surface area contributed by atoms with Crippen molar-refractivity contribution in [2.75, 3.05) is 10.6 Å². The van der Waals surface area contributed by atoms with E-state index in [2.05, 4.69) is 22.1 Å². The highest BCUT2D eigenvalue weighted by molar-refractivity contribution is 6.10. The molecule has 0 atom stereocenters. The maximum Gasteiger partial charge on any atom is 0.266 e. The van der Waals surface area contributed by atoms with Crippen LogP contribution in [0.25, 0.3) is 6.08 Å². The van der Waals surface area contributed by atoms with Gasteiger partial charge in [-0.2, -0.15) is 5.26 Å². The van der Waals surface area contributed by atoms with Gasteiger partial charge in [-0.25, -0.2) is 0 Å². The average Bonchev–Trinajstić information content (AvgIpc) is 2.93. The first kappa shape index (κ1) is 23.0. The summed E-state index contributed by atoms with van der Waals surface area (Å²) < 4.78 is 2.18. The fraction of sp³-hybridized carbons (Fsp3) is 0.375. The van der Waals surface area contributed by atoms with Gasteiger partial charge in [0, 0.05) is 34.7 Å². The van der Waals surface area contributed by atoms with Crippen molar-refractivity contribution in [3.8, 4) is 6.07 Å². The van der Waals surface area contributed by atoms with Crippen LogP contribution in [0.1, 0.15) is 51.1 Å². The van der Waals surface area contributed by atoms with E-state index in [0.29, 0.717) is 11.4 Å². The molecule has 30 heavy (non-hydrogen) atoms. The third-order valence-electron chi connectivity index (χ3n) is 4.78. The van der Waals surface area contributed by atoms with Gasteiger partial charge >= 0.3 is 0 Å². The second-order valence-electron chi connectivity index (χ2n) is 8.39. The molecule has 0 aliphatic carbocycles. The van der Waals surface area contributed by atoms with Gasteiger partial charge in [-0.1, -0.05) is 33.8 Å². The number of rotatable bonds is 6. The smallest absolute Gasteiger partial charge is 0.266 e. The van der Waals surface area contributed by atoms with Crippen molar-refractivity contribution in [1.29, 1.82) is 5.26 Å². The van der Waals surface area contributed by atoms with Crippen LogP contribution in [0, 0.1) is 30.6 Å². The van der Waals surface area contributed by atoms with Crippen molar-refractivity contribution in [2.24, 2.45) is 5.41 Å².